The molecular formula is C22H26N2O4. The van der Waals surface area contributed by atoms with Crippen LogP contribution in [-0.4, -0.2) is 45.0 Å². The molecule has 0 aliphatic rings. The van der Waals surface area contributed by atoms with E-state index >= 15 is 0 Å². The second-order valence-corrected chi connectivity index (χ2v) is 6.43. The van der Waals surface area contributed by atoms with Crippen molar-refractivity contribution < 1.29 is 19.0 Å². The van der Waals surface area contributed by atoms with Crippen molar-refractivity contribution in [2.45, 2.75) is 13.0 Å². The van der Waals surface area contributed by atoms with Crippen LogP contribution in [0.5, 0.6) is 11.5 Å². The highest BCUT2D eigenvalue weighted by Gasteiger charge is 2.15. The van der Waals surface area contributed by atoms with Crippen LogP contribution in [0.1, 0.15) is 16.1 Å². The zero-order chi connectivity index (χ0) is 19.9. The van der Waals surface area contributed by atoms with Crippen molar-refractivity contribution in [2.75, 3.05) is 34.5 Å². The number of methoxy groups -OCH3 is 3. The number of carbonyl (C=O) groups is 1. The van der Waals surface area contributed by atoms with Crippen LogP contribution in [0, 0.1) is 0 Å². The lowest BCUT2D eigenvalue weighted by molar-refractivity contribution is 0.0942. The number of rotatable bonds is 9. The molecule has 0 aliphatic heterocycles. The van der Waals surface area contributed by atoms with Crippen molar-refractivity contribution in [1.29, 1.82) is 0 Å². The normalized spacial score (nSPS) is 10.8. The van der Waals surface area contributed by atoms with Gasteiger partial charge in [0.1, 0.15) is 5.69 Å². The van der Waals surface area contributed by atoms with Gasteiger partial charge in [0.25, 0.3) is 5.91 Å². The molecule has 0 saturated carbocycles. The number of benzene rings is 2. The Kier molecular flexibility index (Phi) is 6.55. The lowest BCUT2D eigenvalue weighted by atomic mass is 10.1. The second-order valence-electron chi connectivity index (χ2n) is 6.43. The predicted molar refractivity (Wildman–Crippen MR) is 109 cm³/mol. The molecule has 28 heavy (non-hydrogen) atoms. The Balaban J connectivity index is 1.70. The average Bonchev–Trinajstić information content (AvgIpc) is 3.10. The van der Waals surface area contributed by atoms with Crippen LogP contribution in [0.25, 0.3) is 10.9 Å². The lowest BCUT2D eigenvalue weighted by Gasteiger charge is -2.12. The van der Waals surface area contributed by atoms with E-state index in [0.29, 0.717) is 43.3 Å². The molecule has 0 bridgehead atoms. The lowest BCUT2D eigenvalue weighted by Crippen LogP contribution is -2.28. The van der Waals surface area contributed by atoms with Gasteiger partial charge in [-0.2, -0.15) is 0 Å². The Bertz CT molecular complexity index is 949. The number of hydrogen-bond donors (Lipinski definition) is 1. The van der Waals surface area contributed by atoms with E-state index in [9.17, 15) is 4.79 Å². The molecule has 0 aliphatic carbocycles. The number of nitrogens with zero attached hydrogens (tertiary/aromatic N) is 1. The second kappa shape index (κ2) is 9.28. The van der Waals surface area contributed by atoms with Gasteiger partial charge in [-0.15, -0.1) is 0 Å². The van der Waals surface area contributed by atoms with Crippen LogP contribution in [0.3, 0.4) is 0 Å². The van der Waals surface area contributed by atoms with Crippen LogP contribution in [0.2, 0.25) is 0 Å². The molecule has 0 unspecified atom stereocenters. The Hall–Kier alpha value is -2.99. The summed E-state index contributed by atoms with van der Waals surface area (Å²) in [4.78, 5) is 12.8. The fourth-order valence-electron chi connectivity index (χ4n) is 3.27. The molecule has 6 heteroatoms. The van der Waals surface area contributed by atoms with Gasteiger partial charge in [0.15, 0.2) is 11.5 Å². The molecule has 0 radical (unpaired) electrons. The molecule has 0 atom stereocenters. The van der Waals surface area contributed by atoms with Gasteiger partial charge in [0, 0.05) is 31.1 Å². The quantitative estimate of drug-likeness (QED) is 0.617. The smallest absolute Gasteiger partial charge is 0.267 e. The van der Waals surface area contributed by atoms with Gasteiger partial charge in [-0.05, 0) is 36.2 Å². The first-order valence-electron chi connectivity index (χ1n) is 9.24. The molecule has 0 spiro atoms. The van der Waals surface area contributed by atoms with Gasteiger partial charge >= 0.3 is 0 Å². The molecule has 1 heterocycles. The average molecular weight is 382 g/mol. The monoisotopic (exact) mass is 382 g/mol. The van der Waals surface area contributed by atoms with Gasteiger partial charge in [-0.25, -0.2) is 0 Å². The standard InChI is InChI=1S/C22H26N2O4/c1-26-13-12-24-18-7-5-4-6-17(18)15-19(24)22(25)23-11-10-16-8-9-20(27-2)21(14-16)28-3/h4-9,14-15H,10-13H2,1-3H3,(H,23,25). The van der Waals surface area contributed by atoms with E-state index < -0.39 is 0 Å². The number of para-hydroxylation sites is 1. The topological polar surface area (TPSA) is 61.7 Å². The molecule has 2 aromatic carbocycles. The molecule has 0 fully saturated rings. The predicted octanol–water partition coefficient (Wildman–Crippen LogP) is 3.28. The van der Waals surface area contributed by atoms with E-state index in [1.807, 2.05) is 53.1 Å². The van der Waals surface area contributed by atoms with E-state index in [2.05, 4.69) is 5.32 Å². The Labute approximate surface area is 165 Å². The maximum atomic E-state index is 12.8. The van der Waals surface area contributed by atoms with E-state index in [1.54, 1.807) is 21.3 Å². The Morgan fingerprint density at radius 2 is 1.79 bits per heavy atom. The van der Waals surface area contributed by atoms with Gasteiger partial charge in [0.2, 0.25) is 0 Å². The summed E-state index contributed by atoms with van der Waals surface area (Å²) in [7, 11) is 4.89. The maximum Gasteiger partial charge on any atom is 0.267 e. The van der Waals surface area contributed by atoms with Gasteiger partial charge in [0.05, 0.1) is 20.8 Å². The first-order valence-corrected chi connectivity index (χ1v) is 9.24. The number of amides is 1. The minimum Gasteiger partial charge on any atom is -0.493 e. The molecule has 1 amide bonds. The minimum atomic E-state index is -0.0900. The summed E-state index contributed by atoms with van der Waals surface area (Å²) in [6.07, 6.45) is 0.699. The molecule has 1 aromatic heterocycles. The summed E-state index contributed by atoms with van der Waals surface area (Å²) in [6, 6.07) is 15.7. The molecule has 0 saturated heterocycles. The van der Waals surface area contributed by atoms with E-state index in [1.165, 1.54) is 0 Å². The van der Waals surface area contributed by atoms with E-state index in [0.717, 1.165) is 16.5 Å². The van der Waals surface area contributed by atoms with Crippen molar-refractivity contribution in [2.24, 2.45) is 0 Å². The number of fused-ring (bicyclic) bond motifs is 1. The summed E-state index contributed by atoms with van der Waals surface area (Å²) in [5.74, 6) is 1.29. The van der Waals surface area contributed by atoms with E-state index in [-0.39, 0.29) is 5.91 Å². The fourth-order valence-corrected chi connectivity index (χ4v) is 3.27. The molecule has 1 N–H and O–H groups in total. The number of aromatic nitrogens is 1. The van der Waals surface area contributed by atoms with Gasteiger partial charge < -0.3 is 24.1 Å². The van der Waals surface area contributed by atoms with Crippen molar-refractivity contribution >= 4 is 16.8 Å². The Morgan fingerprint density at radius 3 is 2.54 bits per heavy atom. The molecule has 3 rings (SSSR count). The zero-order valence-electron chi connectivity index (χ0n) is 16.5. The SMILES string of the molecule is COCCn1c(C(=O)NCCc2ccc(OC)c(OC)c2)cc2ccccc21. The third kappa shape index (κ3) is 4.28. The van der Waals surface area contributed by atoms with Gasteiger partial charge in [-0.1, -0.05) is 24.3 Å². The highest BCUT2D eigenvalue weighted by molar-refractivity contribution is 5.98. The van der Waals surface area contributed by atoms with Crippen LogP contribution in [-0.2, 0) is 17.7 Å². The number of nitrogens with one attached hydrogen (secondary N) is 1. The van der Waals surface area contributed by atoms with E-state index in [4.69, 9.17) is 14.2 Å². The number of hydrogen-bond acceptors (Lipinski definition) is 4. The van der Waals surface area contributed by atoms with Crippen LogP contribution in [0.15, 0.2) is 48.5 Å². The first-order chi connectivity index (χ1) is 13.7. The minimum absolute atomic E-state index is 0.0900. The van der Waals surface area contributed by atoms with Crippen molar-refractivity contribution in [3.05, 3.63) is 59.8 Å². The molecule has 6 nitrogen and oxygen atoms in total. The van der Waals surface area contributed by atoms with Gasteiger partial charge in [-0.3, -0.25) is 4.79 Å². The third-order valence-electron chi connectivity index (χ3n) is 4.71. The largest absolute Gasteiger partial charge is 0.493 e. The molecule has 148 valence electrons. The Morgan fingerprint density at radius 1 is 1.00 bits per heavy atom. The summed E-state index contributed by atoms with van der Waals surface area (Å²) < 4.78 is 17.8. The van der Waals surface area contributed by atoms with Crippen LogP contribution >= 0.6 is 0 Å². The van der Waals surface area contributed by atoms with Crippen LogP contribution < -0.4 is 14.8 Å². The first kappa shape index (κ1) is 19.8. The summed E-state index contributed by atoms with van der Waals surface area (Å²) in [5.41, 5.74) is 2.74. The summed E-state index contributed by atoms with van der Waals surface area (Å²) in [5, 5.41) is 4.06. The van der Waals surface area contributed by atoms with Crippen LogP contribution in [0.4, 0.5) is 0 Å². The number of ether oxygens (including phenoxy) is 3. The van der Waals surface area contributed by atoms with Crippen molar-refractivity contribution in [1.82, 2.24) is 9.88 Å². The molecular weight excluding hydrogens is 356 g/mol. The molecule has 3 aromatic rings. The zero-order valence-corrected chi connectivity index (χ0v) is 16.5. The fraction of sp³-hybridized carbons (Fsp3) is 0.318. The summed E-state index contributed by atoms with van der Waals surface area (Å²) >= 11 is 0. The maximum absolute atomic E-state index is 12.8. The highest BCUT2D eigenvalue weighted by atomic mass is 16.5. The number of carbonyl (C=O) groups excluding carboxylic acids is 1. The van der Waals surface area contributed by atoms with Crippen molar-refractivity contribution in [3.8, 4) is 11.5 Å². The van der Waals surface area contributed by atoms with Crippen molar-refractivity contribution in [3.63, 3.8) is 0 Å². The highest BCUT2D eigenvalue weighted by Crippen LogP contribution is 2.27. The third-order valence-corrected chi connectivity index (χ3v) is 4.71. The summed E-state index contributed by atoms with van der Waals surface area (Å²) in [6.45, 7) is 1.70.